The van der Waals surface area contributed by atoms with Crippen LogP contribution in [0.2, 0.25) is 0 Å². The summed E-state index contributed by atoms with van der Waals surface area (Å²) >= 11 is 0. The second-order valence-electron chi connectivity index (χ2n) is 5.59. The molecule has 1 heterocycles. The molecule has 3 amide bonds. The molecule has 0 unspecified atom stereocenters. The lowest BCUT2D eigenvalue weighted by Crippen LogP contribution is -2.40. The molecule has 0 spiro atoms. The van der Waals surface area contributed by atoms with Gasteiger partial charge in [-0.3, -0.25) is 19.3 Å². The summed E-state index contributed by atoms with van der Waals surface area (Å²) in [5.74, 6) is 3.43. The molecule has 7 heteroatoms. The Hall–Kier alpha value is -3.66. The standard InChI is InChI=1S/C20H15FN2O4/c21-16-9-3-4-10-17(16)27-12-6-5-11-22-18(24)13-23-19(25)14-7-1-2-8-15(14)20(23)26/h1-4,7-10H,11-13H2,(H,22,24). The van der Waals surface area contributed by atoms with Crippen LogP contribution in [0.15, 0.2) is 48.5 Å². The zero-order chi connectivity index (χ0) is 19.2. The molecule has 27 heavy (non-hydrogen) atoms. The molecule has 3 rings (SSSR count). The smallest absolute Gasteiger partial charge is 0.262 e. The van der Waals surface area contributed by atoms with E-state index in [2.05, 4.69) is 17.2 Å². The van der Waals surface area contributed by atoms with Crippen molar-refractivity contribution in [3.05, 3.63) is 65.5 Å². The molecule has 0 fully saturated rings. The summed E-state index contributed by atoms with van der Waals surface area (Å²) in [6.45, 7) is -0.391. The van der Waals surface area contributed by atoms with Crippen LogP contribution in [-0.2, 0) is 4.79 Å². The molecule has 0 aromatic heterocycles. The highest BCUT2D eigenvalue weighted by Gasteiger charge is 2.36. The number of nitrogens with one attached hydrogen (secondary N) is 1. The molecule has 1 aliphatic heterocycles. The fourth-order valence-electron chi connectivity index (χ4n) is 2.51. The van der Waals surface area contributed by atoms with Gasteiger partial charge in [0.15, 0.2) is 11.6 Å². The van der Waals surface area contributed by atoms with E-state index in [0.29, 0.717) is 11.1 Å². The Balaban J connectivity index is 1.44. The van der Waals surface area contributed by atoms with Crippen LogP contribution in [0.4, 0.5) is 4.39 Å². The summed E-state index contributed by atoms with van der Waals surface area (Å²) in [6, 6.07) is 12.4. The van der Waals surface area contributed by atoms with Gasteiger partial charge in [0.2, 0.25) is 5.91 Å². The van der Waals surface area contributed by atoms with Crippen molar-refractivity contribution < 1.29 is 23.5 Å². The third-order valence-electron chi connectivity index (χ3n) is 3.82. The van der Waals surface area contributed by atoms with Crippen LogP contribution in [-0.4, -0.2) is 42.3 Å². The molecular formula is C20H15FN2O4. The van der Waals surface area contributed by atoms with Crippen LogP contribution in [0.3, 0.4) is 0 Å². The number of carbonyl (C=O) groups is 3. The van der Waals surface area contributed by atoms with E-state index < -0.39 is 23.5 Å². The van der Waals surface area contributed by atoms with E-state index in [1.807, 2.05) is 0 Å². The topological polar surface area (TPSA) is 75.7 Å². The maximum absolute atomic E-state index is 13.3. The number of carbonyl (C=O) groups excluding carboxylic acids is 3. The highest BCUT2D eigenvalue weighted by molar-refractivity contribution is 6.22. The van der Waals surface area contributed by atoms with Gasteiger partial charge in [0.25, 0.3) is 11.8 Å². The van der Waals surface area contributed by atoms with Gasteiger partial charge in [-0.2, -0.15) is 0 Å². The number of hydrogen-bond donors (Lipinski definition) is 1. The molecule has 0 aliphatic carbocycles. The minimum Gasteiger partial charge on any atom is -0.478 e. The SMILES string of the molecule is O=C(CN1C(=O)c2ccccc2C1=O)NCC#CCOc1ccccc1F. The second-order valence-corrected chi connectivity index (χ2v) is 5.59. The largest absolute Gasteiger partial charge is 0.478 e. The van der Waals surface area contributed by atoms with Gasteiger partial charge in [-0.25, -0.2) is 4.39 Å². The number of nitrogens with zero attached hydrogens (tertiary/aromatic N) is 1. The zero-order valence-corrected chi connectivity index (χ0v) is 14.2. The molecule has 0 saturated carbocycles. The van der Waals surface area contributed by atoms with Gasteiger partial charge in [0.1, 0.15) is 13.2 Å². The van der Waals surface area contributed by atoms with Crippen molar-refractivity contribution in [2.24, 2.45) is 0 Å². The molecule has 6 nitrogen and oxygen atoms in total. The van der Waals surface area contributed by atoms with Crippen LogP contribution in [0.1, 0.15) is 20.7 Å². The quantitative estimate of drug-likeness (QED) is 0.645. The first-order valence-corrected chi connectivity index (χ1v) is 8.13. The van der Waals surface area contributed by atoms with E-state index in [9.17, 15) is 18.8 Å². The molecule has 1 aliphatic rings. The molecule has 1 N–H and O–H groups in total. The van der Waals surface area contributed by atoms with Crippen molar-refractivity contribution in [1.82, 2.24) is 10.2 Å². The highest BCUT2D eigenvalue weighted by atomic mass is 19.1. The second kappa shape index (κ2) is 8.15. The lowest BCUT2D eigenvalue weighted by Gasteiger charge is -2.12. The molecule has 0 atom stereocenters. The van der Waals surface area contributed by atoms with Gasteiger partial charge in [-0.15, -0.1) is 0 Å². The lowest BCUT2D eigenvalue weighted by molar-refractivity contribution is -0.121. The minimum atomic E-state index is -0.506. The molecule has 2 aromatic rings. The summed E-state index contributed by atoms with van der Waals surface area (Å²) in [7, 11) is 0. The summed E-state index contributed by atoms with van der Waals surface area (Å²) in [5, 5.41) is 2.50. The number of hydrogen-bond acceptors (Lipinski definition) is 4. The van der Waals surface area contributed by atoms with E-state index >= 15 is 0 Å². The lowest BCUT2D eigenvalue weighted by atomic mass is 10.1. The first-order valence-electron chi connectivity index (χ1n) is 8.13. The number of para-hydroxylation sites is 1. The first-order chi connectivity index (χ1) is 13.1. The predicted molar refractivity (Wildman–Crippen MR) is 94.5 cm³/mol. The molecule has 0 bridgehead atoms. The third kappa shape index (κ3) is 4.12. The van der Waals surface area contributed by atoms with Crippen molar-refractivity contribution in [3.63, 3.8) is 0 Å². The zero-order valence-electron chi connectivity index (χ0n) is 14.2. The summed E-state index contributed by atoms with van der Waals surface area (Å²) in [5.41, 5.74) is 0.584. The number of benzene rings is 2. The number of fused-ring (bicyclic) bond motifs is 1. The van der Waals surface area contributed by atoms with E-state index in [1.54, 1.807) is 36.4 Å². The fraction of sp³-hybridized carbons (Fsp3) is 0.150. The van der Waals surface area contributed by atoms with Crippen LogP contribution in [0, 0.1) is 17.7 Å². The molecular weight excluding hydrogens is 351 g/mol. The molecule has 2 aromatic carbocycles. The normalized spacial score (nSPS) is 12.3. The Morgan fingerprint density at radius 2 is 1.63 bits per heavy atom. The van der Waals surface area contributed by atoms with Gasteiger partial charge in [0, 0.05) is 0 Å². The van der Waals surface area contributed by atoms with Gasteiger partial charge in [0.05, 0.1) is 17.7 Å². The maximum Gasteiger partial charge on any atom is 0.262 e. The fourth-order valence-corrected chi connectivity index (χ4v) is 2.51. The Morgan fingerprint density at radius 1 is 1.00 bits per heavy atom. The highest BCUT2D eigenvalue weighted by Crippen LogP contribution is 2.21. The Morgan fingerprint density at radius 3 is 2.30 bits per heavy atom. The van der Waals surface area contributed by atoms with Crippen LogP contribution < -0.4 is 10.1 Å². The molecule has 136 valence electrons. The van der Waals surface area contributed by atoms with Gasteiger partial charge >= 0.3 is 0 Å². The van der Waals surface area contributed by atoms with Crippen LogP contribution in [0.5, 0.6) is 5.75 Å². The van der Waals surface area contributed by atoms with Crippen molar-refractivity contribution in [2.45, 2.75) is 0 Å². The van der Waals surface area contributed by atoms with Gasteiger partial charge in [-0.1, -0.05) is 36.1 Å². The van der Waals surface area contributed by atoms with Gasteiger partial charge in [-0.05, 0) is 24.3 Å². The monoisotopic (exact) mass is 366 g/mol. The summed E-state index contributed by atoms with van der Waals surface area (Å²) in [4.78, 5) is 37.2. The molecule has 0 radical (unpaired) electrons. The van der Waals surface area contributed by atoms with E-state index in [4.69, 9.17) is 4.74 Å². The third-order valence-corrected chi connectivity index (χ3v) is 3.82. The number of halogens is 1. The Bertz CT molecular complexity index is 927. The van der Waals surface area contributed by atoms with Crippen molar-refractivity contribution in [1.29, 1.82) is 0 Å². The Labute approximate surface area is 154 Å². The molecule has 0 saturated heterocycles. The predicted octanol–water partition coefficient (Wildman–Crippen LogP) is 1.62. The number of amides is 3. The first kappa shape index (κ1) is 18.1. The Kier molecular flexibility index (Phi) is 5.47. The van der Waals surface area contributed by atoms with Crippen molar-refractivity contribution in [3.8, 4) is 17.6 Å². The van der Waals surface area contributed by atoms with Crippen LogP contribution >= 0.6 is 0 Å². The number of imide groups is 1. The van der Waals surface area contributed by atoms with Crippen LogP contribution in [0.25, 0.3) is 0 Å². The summed E-state index contributed by atoms with van der Waals surface area (Å²) < 4.78 is 18.5. The maximum atomic E-state index is 13.3. The average molecular weight is 366 g/mol. The van der Waals surface area contributed by atoms with Gasteiger partial charge < -0.3 is 10.1 Å². The van der Waals surface area contributed by atoms with E-state index in [0.717, 1.165) is 4.90 Å². The average Bonchev–Trinajstić information content (AvgIpc) is 2.91. The van der Waals surface area contributed by atoms with Crippen molar-refractivity contribution >= 4 is 17.7 Å². The number of rotatable bonds is 5. The minimum absolute atomic E-state index is 0.0165. The summed E-state index contributed by atoms with van der Waals surface area (Å²) in [6.07, 6.45) is 0. The van der Waals surface area contributed by atoms with E-state index in [-0.39, 0.29) is 25.4 Å². The van der Waals surface area contributed by atoms with E-state index in [1.165, 1.54) is 12.1 Å². The number of ether oxygens (including phenoxy) is 1. The van der Waals surface area contributed by atoms with Crippen molar-refractivity contribution in [2.75, 3.05) is 19.7 Å².